The quantitative estimate of drug-likeness (QED) is 0.231. The van der Waals surface area contributed by atoms with Crippen LogP contribution < -0.4 is 17.2 Å². The second kappa shape index (κ2) is 7.65. The van der Waals surface area contributed by atoms with E-state index < -0.39 is 12.1 Å². The Kier molecular flexibility index (Phi) is 5.58. The predicted octanol–water partition coefficient (Wildman–Crippen LogP) is 1.07. The Morgan fingerprint density at radius 3 is 2.32 bits per heavy atom. The van der Waals surface area contributed by atoms with Crippen LogP contribution in [0.3, 0.4) is 0 Å². The number of nitrogens with zero attached hydrogens (tertiary/aromatic N) is 2. The van der Waals surface area contributed by atoms with Crippen LogP contribution in [0.5, 0.6) is 0 Å². The molecule has 0 amide bonds. The lowest BCUT2D eigenvalue weighted by atomic mass is 9.96. The van der Waals surface area contributed by atoms with E-state index in [1.54, 1.807) is 24.3 Å². The van der Waals surface area contributed by atoms with E-state index in [1.807, 2.05) is 6.07 Å². The summed E-state index contributed by atoms with van der Waals surface area (Å²) in [5.41, 5.74) is 17.9. The lowest BCUT2D eigenvalue weighted by Crippen LogP contribution is -2.22. The first-order chi connectivity index (χ1) is 11.8. The molecule has 25 heavy (non-hydrogen) atoms. The summed E-state index contributed by atoms with van der Waals surface area (Å²) in [7, 11) is 0. The minimum atomic E-state index is -1.84. The van der Waals surface area contributed by atoms with E-state index in [1.165, 1.54) is 12.1 Å². The molecule has 1 unspecified atom stereocenters. The van der Waals surface area contributed by atoms with Gasteiger partial charge >= 0.3 is 5.97 Å². The van der Waals surface area contributed by atoms with Crippen molar-refractivity contribution in [3.05, 3.63) is 64.2 Å². The third kappa shape index (κ3) is 4.25. The Balaban J connectivity index is 2.72. The van der Waals surface area contributed by atoms with Gasteiger partial charge in [-0.25, -0.2) is 4.79 Å². The summed E-state index contributed by atoms with van der Waals surface area (Å²) in [5.74, 6) is -1.72. The Morgan fingerprint density at radius 1 is 1.12 bits per heavy atom. The van der Waals surface area contributed by atoms with Crippen molar-refractivity contribution in [1.82, 2.24) is 0 Å². The van der Waals surface area contributed by atoms with Gasteiger partial charge in [0.05, 0.1) is 0 Å². The maximum Gasteiger partial charge on any atom is 0.337 e. The molecular formula is C16H16ClN5O3. The smallest absolute Gasteiger partial charge is 0.337 e. The van der Waals surface area contributed by atoms with Crippen LogP contribution in [0.1, 0.15) is 22.8 Å². The molecule has 0 saturated carbocycles. The van der Waals surface area contributed by atoms with E-state index in [9.17, 15) is 9.90 Å². The van der Waals surface area contributed by atoms with Crippen LogP contribution >= 0.6 is 11.6 Å². The molecule has 0 aromatic heterocycles. The zero-order valence-electron chi connectivity index (χ0n) is 12.9. The summed E-state index contributed by atoms with van der Waals surface area (Å²) in [6.45, 7) is 0. The Labute approximate surface area is 148 Å². The van der Waals surface area contributed by atoms with Crippen molar-refractivity contribution in [2.45, 2.75) is 6.10 Å². The van der Waals surface area contributed by atoms with Crippen molar-refractivity contribution >= 4 is 34.9 Å². The first kappa shape index (κ1) is 18.2. The van der Waals surface area contributed by atoms with Gasteiger partial charge < -0.3 is 27.4 Å². The number of halogens is 1. The minimum Gasteiger partial charge on any atom is -0.479 e. The van der Waals surface area contributed by atoms with Crippen LogP contribution in [0.4, 0.5) is 5.69 Å². The van der Waals surface area contributed by atoms with Crippen molar-refractivity contribution in [2.24, 2.45) is 21.7 Å². The highest BCUT2D eigenvalue weighted by atomic mass is 35.5. The largest absolute Gasteiger partial charge is 0.479 e. The van der Waals surface area contributed by atoms with Gasteiger partial charge in [-0.05, 0) is 12.1 Å². The van der Waals surface area contributed by atoms with Gasteiger partial charge in [0, 0.05) is 27.4 Å². The number of aliphatic hydroxyl groups is 1. The molecule has 0 spiro atoms. The van der Waals surface area contributed by atoms with Gasteiger partial charge in [-0.1, -0.05) is 41.9 Å². The maximum absolute atomic E-state index is 11.1. The molecule has 9 heteroatoms. The number of benzene rings is 2. The number of hydrogen-bond acceptors (Lipinski definition) is 5. The minimum absolute atomic E-state index is 0.00713. The van der Waals surface area contributed by atoms with E-state index in [0.717, 1.165) is 0 Å². The first-order valence-electron chi connectivity index (χ1n) is 7.03. The van der Waals surface area contributed by atoms with Gasteiger partial charge in [-0.2, -0.15) is 0 Å². The summed E-state index contributed by atoms with van der Waals surface area (Å²) in [4.78, 5) is 11.1. The lowest BCUT2D eigenvalue weighted by Gasteiger charge is -2.15. The van der Waals surface area contributed by atoms with E-state index in [2.05, 4.69) is 10.2 Å². The molecule has 1 atom stereocenters. The standard InChI is InChI=1S/C16H16ClN5O3/c17-9-6-10(12(18)11(7-9)14(23)15(24)25)13(21-22-16(19)20)8-4-2-1-3-5-8/h1-7,14,23H,18H2,(H,24,25)(H4,19,20,22)/b21-13+. The molecule has 130 valence electrons. The number of anilines is 1. The van der Waals surface area contributed by atoms with E-state index in [0.29, 0.717) is 11.1 Å². The number of nitrogens with two attached hydrogens (primary N) is 3. The summed E-state index contributed by atoms with van der Waals surface area (Å²) in [5, 5.41) is 26.7. The molecule has 2 rings (SSSR count). The van der Waals surface area contributed by atoms with Crippen LogP contribution in [0.25, 0.3) is 0 Å². The number of carboxylic acid groups (broad SMARTS) is 1. The molecule has 0 radical (unpaired) electrons. The van der Waals surface area contributed by atoms with E-state index >= 15 is 0 Å². The summed E-state index contributed by atoms with van der Waals surface area (Å²) in [6.07, 6.45) is -1.84. The molecule has 0 bridgehead atoms. The topological polar surface area (TPSA) is 160 Å². The summed E-state index contributed by atoms with van der Waals surface area (Å²) in [6, 6.07) is 11.6. The number of aliphatic hydroxyl groups excluding tert-OH is 1. The predicted molar refractivity (Wildman–Crippen MR) is 96.4 cm³/mol. The SMILES string of the molecule is NC(N)=N/N=C(\c1ccccc1)c1cc(Cl)cc(C(O)C(=O)O)c1N. The van der Waals surface area contributed by atoms with Crippen LogP contribution in [0.15, 0.2) is 52.7 Å². The Morgan fingerprint density at radius 2 is 1.76 bits per heavy atom. The second-order valence-electron chi connectivity index (χ2n) is 5.04. The number of hydrogen-bond donors (Lipinski definition) is 5. The third-order valence-corrected chi connectivity index (χ3v) is 3.49. The fourth-order valence-electron chi connectivity index (χ4n) is 2.17. The molecule has 0 saturated heterocycles. The van der Waals surface area contributed by atoms with Gasteiger partial charge in [0.1, 0.15) is 5.71 Å². The molecule has 0 fully saturated rings. The molecule has 2 aromatic rings. The van der Waals surface area contributed by atoms with Gasteiger partial charge in [0.15, 0.2) is 6.10 Å². The highest BCUT2D eigenvalue weighted by Crippen LogP contribution is 2.30. The van der Waals surface area contributed by atoms with Gasteiger partial charge in [0.25, 0.3) is 0 Å². The molecule has 0 aliphatic rings. The fraction of sp³-hybridized carbons (Fsp3) is 0.0625. The molecule has 0 aliphatic heterocycles. The number of guanidine groups is 1. The highest BCUT2D eigenvalue weighted by Gasteiger charge is 2.23. The lowest BCUT2D eigenvalue weighted by molar-refractivity contribution is -0.146. The van der Waals surface area contributed by atoms with Crippen LogP contribution in [0, 0.1) is 0 Å². The zero-order valence-corrected chi connectivity index (χ0v) is 13.7. The maximum atomic E-state index is 11.1. The van der Waals surface area contributed by atoms with Crippen LogP contribution in [-0.4, -0.2) is 27.9 Å². The van der Waals surface area contributed by atoms with Crippen LogP contribution in [0.2, 0.25) is 5.02 Å². The molecule has 8 nitrogen and oxygen atoms in total. The van der Waals surface area contributed by atoms with Crippen molar-refractivity contribution in [2.75, 3.05) is 5.73 Å². The number of aliphatic carboxylic acids is 1. The van der Waals surface area contributed by atoms with Crippen LogP contribution in [-0.2, 0) is 4.79 Å². The van der Waals surface area contributed by atoms with Crippen molar-refractivity contribution in [1.29, 1.82) is 0 Å². The Bertz CT molecular complexity index is 848. The van der Waals surface area contributed by atoms with Crippen molar-refractivity contribution in [3.8, 4) is 0 Å². The molecule has 0 aliphatic carbocycles. The van der Waals surface area contributed by atoms with Gasteiger partial charge in [0.2, 0.25) is 5.96 Å². The number of carboxylic acids is 1. The van der Waals surface area contributed by atoms with E-state index in [4.69, 9.17) is 33.9 Å². The monoisotopic (exact) mass is 361 g/mol. The fourth-order valence-corrected chi connectivity index (χ4v) is 2.39. The molecule has 8 N–H and O–H groups in total. The van der Waals surface area contributed by atoms with Gasteiger partial charge in [-0.15, -0.1) is 10.2 Å². The molecule has 2 aromatic carbocycles. The Hall–Kier alpha value is -3.10. The number of nitrogen functional groups attached to an aromatic ring is 1. The van der Waals surface area contributed by atoms with Gasteiger partial charge in [-0.3, -0.25) is 0 Å². The average Bonchev–Trinajstić information content (AvgIpc) is 2.57. The normalized spacial score (nSPS) is 12.5. The molecule has 0 heterocycles. The summed E-state index contributed by atoms with van der Waals surface area (Å²) >= 11 is 6.07. The summed E-state index contributed by atoms with van der Waals surface area (Å²) < 4.78 is 0. The third-order valence-electron chi connectivity index (χ3n) is 3.27. The first-order valence-corrected chi connectivity index (χ1v) is 7.41. The van der Waals surface area contributed by atoms with E-state index in [-0.39, 0.29) is 27.9 Å². The number of carbonyl (C=O) groups is 1. The average molecular weight is 362 g/mol. The van der Waals surface area contributed by atoms with Crippen molar-refractivity contribution < 1.29 is 15.0 Å². The molecular weight excluding hydrogens is 346 g/mol. The number of rotatable bonds is 5. The van der Waals surface area contributed by atoms with Crippen molar-refractivity contribution in [3.63, 3.8) is 0 Å². The zero-order chi connectivity index (χ0) is 18.6. The second-order valence-corrected chi connectivity index (χ2v) is 5.47. The highest BCUT2D eigenvalue weighted by molar-refractivity contribution is 6.31.